The number of hydrogen-bond acceptors (Lipinski definition) is 5. The molecule has 0 aromatic heterocycles. The molecule has 0 saturated heterocycles. The van der Waals surface area contributed by atoms with Crippen molar-refractivity contribution >= 4 is 57.8 Å². The van der Waals surface area contributed by atoms with Crippen LogP contribution in [0.25, 0.3) is 0 Å². The summed E-state index contributed by atoms with van der Waals surface area (Å²) in [5.41, 5.74) is 2.24. The van der Waals surface area contributed by atoms with Crippen molar-refractivity contribution in [3.05, 3.63) is 45.3 Å². The lowest BCUT2D eigenvalue weighted by Gasteiger charge is -2.18. The van der Waals surface area contributed by atoms with Crippen molar-refractivity contribution in [1.29, 1.82) is 0 Å². The molecular formula is C20H20ClN3O2S2. The number of carbonyl (C=O) groups excluding carboxylic acids is 2. The number of halogens is 1. The Morgan fingerprint density at radius 2 is 2.00 bits per heavy atom. The SMILES string of the molecule is O=C(CSCC1=NC(=O)C2C(=N1)SC1=C2CCCC1)NCc1ccc(Cl)cc1. The summed E-state index contributed by atoms with van der Waals surface area (Å²) >= 11 is 8.94. The molecule has 2 aliphatic heterocycles. The maximum absolute atomic E-state index is 12.5. The Hall–Kier alpha value is -1.57. The van der Waals surface area contributed by atoms with E-state index in [1.54, 1.807) is 23.9 Å². The van der Waals surface area contributed by atoms with Gasteiger partial charge < -0.3 is 5.32 Å². The molecule has 0 fully saturated rings. The van der Waals surface area contributed by atoms with Gasteiger partial charge >= 0.3 is 0 Å². The number of carbonyl (C=O) groups is 2. The number of benzene rings is 1. The number of fused-ring (bicyclic) bond motifs is 2. The second kappa shape index (κ2) is 8.84. The molecule has 1 aromatic rings. The summed E-state index contributed by atoms with van der Waals surface area (Å²) in [5.74, 6) is 0.919. The molecule has 8 heteroatoms. The van der Waals surface area contributed by atoms with Gasteiger partial charge in [-0.05, 0) is 53.9 Å². The van der Waals surface area contributed by atoms with Gasteiger partial charge in [-0.1, -0.05) is 35.5 Å². The molecule has 1 atom stereocenters. The normalized spacial score (nSPS) is 21.0. The molecule has 2 amide bonds. The fourth-order valence-corrected chi connectivity index (χ4v) is 5.69. The summed E-state index contributed by atoms with van der Waals surface area (Å²) in [7, 11) is 0. The monoisotopic (exact) mass is 433 g/mol. The Morgan fingerprint density at radius 3 is 2.82 bits per heavy atom. The van der Waals surface area contributed by atoms with Gasteiger partial charge in [0.2, 0.25) is 5.91 Å². The summed E-state index contributed by atoms with van der Waals surface area (Å²) in [6.07, 6.45) is 4.38. The van der Waals surface area contributed by atoms with E-state index in [2.05, 4.69) is 15.3 Å². The van der Waals surface area contributed by atoms with Gasteiger partial charge in [0.25, 0.3) is 5.91 Å². The molecule has 1 aromatic carbocycles. The first kappa shape index (κ1) is 19.7. The Labute approximate surface area is 177 Å². The molecule has 0 spiro atoms. The molecule has 1 N–H and O–H groups in total. The molecular weight excluding hydrogens is 414 g/mol. The van der Waals surface area contributed by atoms with E-state index in [4.69, 9.17) is 11.6 Å². The first-order valence-corrected chi connectivity index (χ1v) is 11.6. The summed E-state index contributed by atoms with van der Waals surface area (Å²) in [4.78, 5) is 34.7. The number of nitrogens with one attached hydrogen (secondary N) is 1. The lowest BCUT2D eigenvalue weighted by Crippen LogP contribution is -2.27. The second-order valence-electron chi connectivity index (χ2n) is 6.90. The highest BCUT2D eigenvalue weighted by molar-refractivity contribution is 8.17. The molecule has 1 aliphatic carbocycles. The molecule has 5 nitrogen and oxygen atoms in total. The van der Waals surface area contributed by atoms with Crippen LogP contribution in [0.15, 0.2) is 44.7 Å². The summed E-state index contributed by atoms with van der Waals surface area (Å²) in [5, 5.41) is 4.44. The number of nitrogens with zero attached hydrogens (tertiary/aromatic N) is 2. The fraction of sp³-hybridized carbons (Fsp3) is 0.400. The van der Waals surface area contributed by atoms with Crippen LogP contribution in [-0.2, 0) is 16.1 Å². The summed E-state index contributed by atoms with van der Waals surface area (Å²) in [6.45, 7) is 0.466. The first-order chi connectivity index (χ1) is 13.6. The first-order valence-electron chi connectivity index (χ1n) is 9.29. The van der Waals surface area contributed by atoms with E-state index in [9.17, 15) is 9.59 Å². The van der Waals surface area contributed by atoms with E-state index in [0.717, 1.165) is 29.9 Å². The van der Waals surface area contributed by atoms with E-state index in [1.807, 2.05) is 12.1 Å². The molecule has 3 aliphatic rings. The minimum Gasteiger partial charge on any atom is -0.351 e. The van der Waals surface area contributed by atoms with E-state index >= 15 is 0 Å². The quantitative estimate of drug-likeness (QED) is 0.729. The van der Waals surface area contributed by atoms with Gasteiger partial charge in [-0.25, -0.2) is 4.99 Å². The number of hydrogen-bond donors (Lipinski definition) is 1. The van der Waals surface area contributed by atoms with Gasteiger partial charge in [0.1, 0.15) is 11.8 Å². The van der Waals surface area contributed by atoms with E-state index in [-0.39, 0.29) is 17.7 Å². The molecule has 4 rings (SSSR count). The van der Waals surface area contributed by atoms with Crippen molar-refractivity contribution < 1.29 is 9.59 Å². The highest BCUT2D eigenvalue weighted by Crippen LogP contribution is 2.47. The number of allylic oxidation sites excluding steroid dienone is 1. The smallest absolute Gasteiger partial charge is 0.261 e. The zero-order chi connectivity index (χ0) is 19.5. The standard InChI is InChI=1S/C20H20ClN3O2S2/c21-13-7-5-12(6-8-13)9-22-17(25)11-27-10-16-23-19(26)18-14-3-1-2-4-15(14)28-20(18)24-16/h5-8,18H,1-4,9-11H2,(H,22,25). The highest BCUT2D eigenvalue weighted by Gasteiger charge is 2.40. The van der Waals surface area contributed by atoms with Gasteiger partial charge in [-0.15, -0.1) is 11.8 Å². The molecule has 2 heterocycles. The third-order valence-electron chi connectivity index (χ3n) is 4.87. The predicted molar refractivity (Wildman–Crippen MR) is 117 cm³/mol. The van der Waals surface area contributed by atoms with Crippen LogP contribution < -0.4 is 5.32 Å². The lowest BCUT2D eigenvalue weighted by atomic mass is 9.89. The largest absolute Gasteiger partial charge is 0.351 e. The van der Waals surface area contributed by atoms with E-state index < -0.39 is 0 Å². The maximum atomic E-state index is 12.5. The molecule has 0 radical (unpaired) electrons. The molecule has 28 heavy (non-hydrogen) atoms. The topological polar surface area (TPSA) is 70.9 Å². The van der Waals surface area contributed by atoms with E-state index in [1.165, 1.54) is 28.7 Å². The predicted octanol–water partition coefficient (Wildman–Crippen LogP) is 4.22. The van der Waals surface area contributed by atoms with Crippen LogP contribution in [0, 0.1) is 5.92 Å². The molecule has 146 valence electrons. The van der Waals surface area contributed by atoms with Crippen molar-refractivity contribution in [2.75, 3.05) is 11.5 Å². The third-order valence-corrected chi connectivity index (χ3v) is 7.30. The third kappa shape index (κ3) is 4.53. The van der Waals surface area contributed by atoms with Crippen molar-refractivity contribution in [1.82, 2.24) is 5.32 Å². The van der Waals surface area contributed by atoms with Gasteiger partial charge in [0, 0.05) is 11.6 Å². The minimum atomic E-state index is -0.225. The Balaban J connectivity index is 1.25. The van der Waals surface area contributed by atoms with Crippen molar-refractivity contribution in [2.24, 2.45) is 15.9 Å². The molecule has 1 unspecified atom stereocenters. The highest BCUT2D eigenvalue weighted by atomic mass is 35.5. The summed E-state index contributed by atoms with van der Waals surface area (Å²) in [6, 6.07) is 7.38. The number of aliphatic imine (C=N–C) groups is 2. The molecule has 0 bridgehead atoms. The molecule has 0 saturated carbocycles. The number of amidine groups is 1. The fourth-order valence-electron chi connectivity index (χ4n) is 3.50. The van der Waals surface area contributed by atoms with Crippen LogP contribution >= 0.6 is 35.1 Å². The van der Waals surface area contributed by atoms with Gasteiger partial charge in [-0.2, -0.15) is 4.99 Å². The van der Waals surface area contributed by atoms with Gasteiger partial charge in [0.05, 0.1) is 16.5 Å². The van der Waals surface area contributed by atoms with Crippen LogP contribution in [0.3, 0.4) is 0 Å². The average Bonchev–Trinajstić information content (AvgIpc) is 3.06. The van der Waals surface area contributed by atoms with E-state index in [0.29, 0.717) is 28.9 Å². The second-order valence-corrected chi connectivity index (χ2v) is 9.44. The maximum Gasteiger partial charge on any atom is 0.261 e. The lowest BCUT2D eigenvalue weighted by molar-refractivity contribution is -0.119. The van der Waals surface area contributed by atoms with Crippen molar-refractivity contribution in [3.63, 3.8) is 0 Å². The zero-order valence-corrected chi connectivity index (χ0v) is 17.6. The zero-order valence-electron chi connectivity index (χ0n) is 15.2. The minimum absolute atomic E-state index is 0.0550. The van der Waals surface area contributed by atoms with Crippen molar-refractivity contribution in [2.45, 2.75) is 32.2 Å². The van der Waals surface area contributed by atoms with Crippen LogP contribution in [-0.4, -0.2) is 34.2 Å². The van der Waals surface area contributed by atoms with Gasteiger partial charge in [0.15, 0.2) is 0 Å². The number of amides is 2. The number of rotatable bonds is 6. The summed E-state index contributed by atoms with van der Waals surface area (Å²) < 4.78 is 0. The van der Waals surface area contributed by atoms with Crippen LogP contribution in [0.2, 0.25) is 5.02 Å². The average molecular weight is 434 g/mol. The number of thioether (sulfide) groups is 2. The Bertz CT molecular complexity index is 893. The Kier molecular flexibility index (Phi) is 6.23. The van der Waals surface area contributed by atoms with Gasteiger partial charge in [-0.3, -0.25) is 9.59 Å². The van der Waals surface area contributed by atoms with Crippen LogP contribution in [0.4, 0.5) is 0 Å². The Morgan fingerprint density at radius 1 is 1.21 bits per heavy atom. The van der Waals surface area contributed by atoms with Crippen LogP contribution in [0.1, 0.15) is 31.2 Å². The van der Waals surface area contributed by atoms with Crippen LogP contribution in [0.5, 0.6) is 0 Å². The van der Waals surface area contributed by atoms with Crippen molar-refractivity contribution in [3.8, 4) is 0 Å².